The molecule has 31 heavy (non-hydrogen) atoms. The number of halogens is 4. The first-order valence-corrected chi connectivity index (χ1v) is 11.2. The van der Waals surface area contributed by atoms with Crippen LogP contribution in [0.1, 0.15) is 5.56 Å². The van der Waals surface area contributed by atoms with Crippen molar-refractivity contribution in [2.45, 2.75) is 17.6 Å². The quantitative estimate of drug-likeness (QED) is 0.420. The molecule has 13 heteroatoms. The third-order valence-electron chi connectivity index (χ3n) is 4.11. The van der Waals surface area contributed by atoms with Crippen LogP contribution < -0.4 is 19.9 Å². The number of hydrogen-bond donors (Lipinski definition) is 2. The number of methoxy groups -OCH3 is 1. The third kappa shape index (κ3) is 5.86. The van der Waals surface area contributed by atoms with Gasteiger partial charge in [-0.25, -0.2) is 23.5 Å². The van der Waals surface area contributed by atoms with Crippen LogP contribution >= 0.6 is 22.6 Å². The molecule has 3 aromatic rings. The summed E-state index contributed by atoms with van der Waals surface area (Å²) in [6.45, 7) is -1.60. The molecular weight excluding hydrogens is 552 g/mol. The lowest BCUT2D eigenvalue weighted by Gasteiger charge is -2.15. The average Bonchev–Trinajstić information content (AvgIpc) is 2.69. The van der Waals surface area contributed by atoms with Crippen molar-refractivity contribution >= 4 is 49.3 Å². The van der Waals surface area contributed by atoms with Crippen molar-refractivity contribution in [1.29, 1.82) is 0 Å². The summed E-state index contributed by atoms with van der Waals surface area (Å²) in [5.41, 5.74) is 0.743. The monoisotopic (exact) mass is 568 g/mol. The van der Waals surface area contributed by atoms with Crippen LogP contribution in [-0.2, 0) is 16.6 Å². The van der Waals surface area contributed by atoms with E-state index in [1.54, 1.807) is 12.1 Å². The molecule has 0 bridgehead atoms. The Labute approximate surface area is 189 Å². The number of benzene rings is 2. The van der Waals surface area contributed by atoms with Crippen molar-refractivity contribution < 1.29 is 31.1 Å². The molecule has 1 aromatic heterocycles. The highest BCUT2D eigenvalue weighted by atomic mass is 127. The van der Waals surface area contributed by atoms with Crippen molar-refractivity contribution in [1.82, 2.24) is 9.97 Å². The molecule has 0 aliphatic heterocycles. The molecule has 8 nitrogen and oxygen atoms in total. The summed E-state index contributed by atoms with van der Waals surface area (Å²) < 4.78 is 72.0. The highest BCUT2D eigenvalue weighted by Gasteiger charge is 2.29. The van der Waals surface area contributed by atoms with Crippen LogP contribution in [0.3, 0.4) is 0 Å². The SMILES string of the molecule is COc1cc2ncnc(NCc3cc(S(N)(=O)=O)ccc3OCC(F)(F)F)c2cc1I. The number of hydrogen-bond acceptors (Lipinski definition) is 7. The van der Waals surface area contributed by atoms with Gasteiger partial charge in [0, 0.05) is 23.6 Å². The van der Waals surface area contributed by atoms with Crippen LogP contribution in [0, 0.1) is 3.57 Å². The van der Waals surface area contributed by atoms with Gasteiger partial charge in [-0.2, -0.15) is 13.2 Å². The number of nitrogens with zero attached hydrogens (tertiary/aromatic N) is 2. The van der Waals surface area contributed by atoms with Gasteiger partial charge in [-0.15, -0.1) is 0 Å². The van der Waals surface area contributed by atoms with E-state index in [1.807, 2.05) is 0 Å². The standard InChI is InChI=1S/C18H16F3IN4O4S/c1-29-16-6-14-12(5-13(16)22)17(26-9-25-14)24-7-10-4-11(31(23,27)28)2-3-15(10)30-8-18(19,20)21/h2-6,9H,7-8H2,1H3,(H2,23,27,28)(H,24,25,26). The lowest BCUT2D eigenvalue weighted by Crippen LogP contribution is -2.20. The summed E-state index contributed by atoms with van der Waals surface area (Å²) in [4.78, 5) is 8.11. The summed E-state index contributed by atoms with van der Waals surface area (Å²) in [7, 11) is -2.53. The molecule has 0 spiro atoms. The lowest BCUT2D eigenvalue weighted by atomic mass is 10.2. The van der Waals surface area contributed by atoms with E-state index in [2.05, 4.69) is 37.9 Å². The first-order chi connectivity index (χ1) is 14.5. The molecule has 0 atom stereocenters. The normalized spacial score (nSPS) is 12.1. The molecule has 166 valence electrons. The summed E-state index contributed by atoms with van der Waals surface area (Å²) in [6, 6.07) is 6.89. The fourth-order valence-corrected chi connectivity index (χ4v) is 3.96. The molecule has 0 saturated heterocycles. The molecule has 0 radical (unpaired) electrons. The first-order valence-electron chi connectivity index (χ1n) is 8.55. The van der Waals surface area contributed by atoms with Crippen LogP contribution in [0.15, 0.2) is 41.6 Å². The predicted molar refractivity (Wildman–Crippen MR) is 115 cm³/mol. The summed E-state index contributed by atoms with van der Waals surface area (Å²) in [6.07, 6.45) is -3.24. The predicted octanol–water partition coefficient (Wildman–Crippen LogP) is 3.44. The number of anilines is 1. The molecular formula is C18H16F3IN4O4S. The number of sulfonamides is 1. The van der Waals surface area contributed by atoms with Gasteiger partial charge in [-0.05, 0) is 46.9 Å². The third-order valence-corrected chi connectivity index (χ3v) is 5.86. The number of ether oxygens (including phenoxy) is 2. The summed E-state index contributed by atoms with van der Waals surface area (Å²) >= 11 is 2.09. The Bertz CT molecular complexity index is 1220. The van der Waals surface area contributed by atoms with E-state index in [-0.39, 0.29) is 22.8 Å². The van der Waals surface area contributed by atoms with Crippen LogP contribution in [-0.4, -0.2) is 38.3 Å². The molecule has 0 saturated carbocycles. The van der Waals surface area contributed by atoms with E-state index in [9.17, 15) is 21.6 Å². The van der Waals surface area contributed by atoms with Gasteiger partial charge in [0.1, 0.15) is 23.6 Å². The van der Waals surface area contributed by atoms with Crippen molar-refractivity contribution in [3.63, 3.8) is 0 Å². The smallest absolute Gasteiger partial charge is 0.422 e. The maximum atomic E-state index is 12.6. The summed E-state index contributed by atoms with van der Waals surface area (Å²) in [5.74, 6) is 0.890. The van der Waals surface area contributed by atoms with Gasteiger partial charge >= 0.3 is 6.18 Å². The molecule has 3 N–H and O–H groups in total. The average molecular weight is 568 g/mol. The molecule has 0 fully saturated rings. The molecule has 0 aliphatic carbocycles. The van der Waals surface area contributed by atoms with E-state index >= 15 is 0 Å². The van der Waals surface area contributed by atoms with E-state index in [0.29, 0.717) is 22.5 Å². The zero-order chi connectivity index (χ0) is 22.8. The number of alkyl halides is 3. The van der Waals surface area contributed by atoms with Gasteiger partial charge < -0.3 is 14.8 Å². The molecule has 0 unspecified atom stereocenters. The molecule has 0 amide bonds. The van der Waals surface area contributed by atoms with E-state index in [0.717, 1.165) is 21.8 Å². The maximum Gasteiger partial charge on any atom is 0.422 e. The van der Waals surface area contributed by atoms with Crippen LogP contribution in [0.4, 0.5) is 19.0 Å². The zero-order valence-corrected chi connectivity index (χ0v) is 18.9. The second kappa shape index (κ2) is 9.00. The van der Waals surface area contributed by atoms with E-state index < -0.39 is 22.8 Å². The van der Waals surface area contributed by atoms with Crippen LogP contribution in [0.25, 0.3) is 10.9 Å². The van der Waals surface area contributed by atoms with E-state index in [1.165, 1.54) is 13.4 Å². The Balaban J connectivity index is 1.95. The molecule has 2 aromatic carbocycles. The highest BCUT2D eigenvalue weighted by Crippen LogP contribution is 2.30. The van der Waals surface area contributed by atoms with E-state index in [4.69, 9.17) is 14.6 Å². The largest absolute Gasteiger partial charge is 0.496 e. The Morgan fingerprint density at radius 3 is 2.55 bits per heavy atom. The lowest BCUT2D eigenvalue weighted by molar-refractivity contribution is -0.153. The number of primary sulfonamides is 1. The number of nitrogens with one attached hydrogen (secondary N) is 1. The topological polar surface area (TPSA) is 116 Å². The first kappa shape index (κ1) is 23.3. The van der Waals surface area contributed by atoms with Crippen LogP contribution in [0.5, 0.6) is 11.5 Å². The Morgan fingerprint density at radius 2 is 1.90 bits per heavy atom. The molecule has 3 rings (SSSR count). The summed E-state index contributed by atoms with van der Waals surface area (Å²) in [5, 5.41) is 8.78. The van der Waals surface area contributed by atoms with Crippen molar-refractivity contribution in [2.24, 2.45) is 5.14 Å². The Kier molecular flexibility index (Phi) is 6.76. The second-order valence-corrected chi connectivity index (χ2v) is 9.02. The van der Waals surface area contributed by atoms with Gasteiger partial charge in [0.15, 0.2) is 6.61 Å². The minimum absolute atomic E-state index is 0.0781. The van der Waals surface area contributed by atoms with Gasteiger partial charge in [0.25, 0.3) is 0 Å². The van der Waals surface area contributed by atoms with Gasteiger partial charge in [-0.1, -0.05) is 0 Å². The fourth-order valence-electron chi connectivity index (χ4n) is 2.71. The Hall–Kier alpha value is -2.39. The Morgan fingerprint density at radius 1 is 1.16 bits per heavy atom. The number of nitrogens with two attached hydrogens (primary N) is 1. The minimum atomic E-state index is -4.55. The maximum absolute atomic E-state index is 12.6. The second-order valence-electron chi connectivity index (χ2n) is 6.30. The zero-order valence-electron chi connectivity index (χ0n) is 15.9. The van der Waals surface area contributed by atoms with Crippen LogP contribution in [0.2, 0.25) is 0 Å². The van der Waals surface area contributed by atoms with Crippen molar-refractivity contribution in [2.75, 3.05) is 19.0 Å². The molecule has 1 heterocycles. The van der Waals surface area contributed by atoms with Gasteiger partial charge in [-0.3, -0.25) is 0 Å². The molecule has 0 aliphatic rings. The minimum Gasteiger partial charge on any atom is -0.496 e. The number of aromatic nitrogens is 2. The number of rotatable bonds is 7. The highest BCUT2D eigenvalue weighted by molar-refractivity contribution is 14.1. The number of fused-ring (bicyclic) bond motifs is 1. The van der Waals surface area contributed by atoms with Crippen molar-refractivity contribution in [3.8, 4) is 11.5 Å². The van der Waals surface area contributed by atoms with Gasteiger partial charge in [0.2, 0.25) is 10.0 Å². The van der Waals surface area contributed by atoms with Crippen molar-refractivity contribution in [3.05, 3.63) is 45.8 Å². The fraction of sp³-hybridized carbons (Fsp3) is 0.222. The van der Waals surface area contributed by atoms with Gasteiger partial charge in [0.05, 0.1) is 21.1 Å².